The number of anilines is 1. The zero-order valence-electron chi connectivity index (χ0n) is 8.69. The molecule has 1 heterocycles. The van der Waals surface area contributed by atoms with Gasteiger partial charge in [-0.25, -0.2) is 0 Å². The lowest BCUT2D eigenvalue weighted by atomic mass is 10.1. The summed E-state index contributed by atoms with van der Waals surface area (Å²) >= 11 is 11.8. The number of nitrogens with zero attached hydrogens (tertiary/aromatic N) is 1. The first kappa shape index (κ1) is 12.2. The van der Waals surface area contributed by atoms with Crippen molar-refractivity contribution in [3.63, 3.8) is 0 Å². The van der Waals surface area contributed by atoms with Gasteiger partial charge in [0, 0.05) is 18.0 Å². The third-order valence-corrected chi connectivity index (χ3v) is 3.23. The number of halogens is 2. The van der Waals surface area contributed by atoms with Crippen molar-refractivity contribution in [1.82, 2.24) is 0 Å². The summed E-state index contributed by atoms with van der Waals surface area (Å²) < 4.78 is 0. The van der Waals surface area contributed by atoms with Gasteiger partial charge < -0.3 is 10.0 Å². The Kier molecular flexibility index (Phi) is 3.26. The summed E-state index contributed by atoms with van der Waals surface area (Å²) in [6.07, 6.45) is -0.00181. The van der Waals surface area contributed by atoms with Gasteiger partial charge in [-0.3, -0.25) is 9.59 Å². The number of hydrogen-bond acceptors (Lipinski definition) is 2. The Morgan fingerprint density at radius 1 is 1.41 bits per heavy atom. The van der Waals surface area contributed by atoms with Gasteiger partial charge in [-0.2, -0.15) is 0 Å². The molecule has 1 aromatic rings. The Labute approximate surface area is 108 Å². The van der Waals surface area contributed by atoms with Gasteiger partial charge in [0.25, 0.3) is 0 Å². The van der Waals surface area contributed by atoms with E-state index >= 15 is 0 Å². The maximum Gasteiger partial charge on any atom is 0.308 e. The van der Waals surface area contributed by atoms with Gasteiger partial charge in [-0.1, -0.05) is 23.2 Å². The predicted octanol–water partition coefficient (Wildman–Crippen LogP) is 2.43. The Balaban J connectivity index is 2.32. The van der Waals surface area contributed by atoms with Crippen LogP contribution in [0.4, 0.5) is 5.69 Å². The zero-order valence-corrected chi connectivity index (χ0v) is 10.2. The zero-order chi connectivity index (χ0) is 12.6. The van der Waals surface area contributed by atoms with Crippen LogP contribution in [0.1, 0.15) is 6.42 Å². The predicted molar refractivity (Wildman–Crippen MR) is 64.6 cm³/mol. The Hall–Kier alpha value is -1.26. The molecular weight excluding hydrogens is 265 g/mol. The molecule has 1 aliphatic heterocycles. The fraction of sp³-hybridized carbons (Fsp3) is 0.273. The van der Waals surface area contributed by atoms with Crippen LogP contribution in [0.5, 0.6) is 0 Å². The van der Waals surface area contributed by atoms with Crippen LogP contribution < -0.4 is 4.90 Å². The van der Waals surface area contributed by atoms with Gasteiger partial charge in [0.2, 0.25) is 5.91 Å². The molecule has 0 aliphatic carbocycles. The molecule has 1 atom stereocenters. The number of carbonyl (C=O) groups excluding carboxylic acids is 1. The molecule has 0 bridgehead atoms. The van der Waals surface area contributed by atoms with Crippen molar-refractivity contribution in [3.8, 4) is 0 Å². The molecule has 1 aliphatic rings. The van der Waals surface area contributed by atoms with Crippen molar-refractivity contribution in [2.24, 2.45) is 5.92 Å². The second-order valence-electron chi connectivity index (χ2n) is 3.84. The first-order valence-electron chi connectivity index (χ1n) is 4.97. The number of hydrogen-bond donors (Lipinski definition) is 1. The first-order valence-corrected chi connectivity index (χ1v) is 5.73. The van der Waals surface area contributed by atoms with Crippen molar-refractivity contribution in [2.75, 3.05) is 11.4 Å². The molecule has 1 fully saturated rings. The molecule has 0 unspecified atom stereocenters. The van der Waals surface area contributed by atoms with Gasteiger partial charge in [0.1, 0.15) is 0 Å². The van der Waals surface area contributed by atoms with E-state index in [1.807, 2.05) is 0 Å². The molecule has 4 nitrogen and oxygen atoms in total. The highest BCUT2D eigenvalue weighted by Crippen LogP contribution is 2.33. The number of carbonyl (C=O) groups is 2. The lowest BCUT2D eigenvalue weighted by molar-refractivity contribution is -0.141. The number of amides is 1. The Morgan fingerprint density at radius 2 is 2.12 bits per heavy atom. The van der Waals surface area contributed by atoms with E-state index in [4.69, 9.17) is 28.3 Å². The highest BCUT2D eigenvalue weighted by molar-refractivity contribution is 6.35. The van der Waals surface area contributed by atoms with E-state index in [-0.39, 0.29) is 18.9 Å². The number of rotatable bonds is 2. The number of benzene rings is 1. The molecule has 90 valence electrons. The fourth-order valence-electron chi connectivity index (χ4n) is 1.80. The molecule has 0 aromatic heterocycles. The number of carboxylic acid groups (broad SMARTS) is 1. The second-order valence-corrected chi connectivity index (χ2v) is 4.68. The summed E-state index contributed by atoms with van der Waals surface area (Å²) in [5.41, 5.74) is 0.466. The second kappa shape index (κ2) is 4.55. The molecule has 1 N–H and O–H groups in total. The van der Waals surface area contributed by atoms with Crippen molar-refractivity contribution >= 4 is 40.8 Å². The monoisotopic (exact) mass is 273 g/mol. The average molecular weight is 274 g/mol. The molecule has 6 heteroatoms. The number of aliphatic carboxylic acids is 1. The number of carboxylic acids is 1. The summed E-state index contributed by atoms with van der Waals surface area (Å²) in [7, 11) is 0. The van der Waals surface area contributed by atoms with Crippen LogP contribution in [0, 0.1) is 5.92 Å². The van der Waals surface area contributed by atoms with Crippen molar-refractivity contribution in [1.29, 1.82) is 0 Å². The van der Waals surface area contributed by atoms with Gasteiger partial charge in [0.15, 0.2) is 0 Å². The largest absolute Gasteiger partial charge is 0.481 e. The normalized spacial score (nSPS) is 19.8. The van der Waals surface area contributed by atoms with Crippen LogP contribution >= 0.6 is 23.2 Å². The van der Waals surface area contributed by atoms with E-state index in [9.17, 15) is 9.59 Å². The molecule has 0 spiro atoms. The first-order chi connectivity index (χ1) is 7.99. The standard InChI is InChI=1S/C11H9Cl2NO3/c12-7-1-2-8(13)9(4-7)14-5-6(11(16)17)3-10(14)15/h1-2,4,6H,3,5H2,(H,16,17)/t6-/m1/s1. The molecule has 1 aromatic carbocycles. The van der Waals surface area contributed by atoms with E-state index in [1.165, 1.54) is 4.90 Å². The van der Waals surface area contributed by atoms with Crippen LogP contribution in [0.3, 0.4) is 0 Å². The van der Waals surface area contributed by atoms with E-state index < -0.39 is 11.9 Å². The van der Waals surface area contributed by atoms with Crippen molar-refractivity contribution < 1.29 is 14.7 Å². The SMILES string of the molecule is O=C(O)[C@@H]1CC(=O)N(c2cc(Cl)ccc2Cl)C1. The molecule has 17 heavy (non-hydrogen) atoms. The van der Waals surface area contributed by atoms with Crippen LogP contribution in [0.2, 0.25) is 10.0 Å². The molecule has 0 saturated carbocycles. The van der Waals surface area contributed by atoms with E-state index in [0.717, 1.165) is 0 Å². The van der Waals surface area contributed by atoms with E-state index in [2.05, 4.69) is 0 Å². The quantitative estimate of drug-likeness (QED) is 0.901. The third-order valence-electron chi connectivity index (χ3n) is 2.67. The summed E-state index contributed by atoms with van der Waals surface area (Å²) in [5.74, 6) is -1.90. The van der Waals surface area contributed by atoms with Gasteiger partial charge in [0.05, 0.1) is 16.6 Å². The summed E-state index contributed by atoms with van der Waals surface area (Å²) in [6, 6.07) is 4.76. The molecule has 2 rings (SSSR count). The van der Waals surface area contributed by atoms with E-state index in [1.54, 1.807) is 18.2 Å². The molecule has 1 saturated heterocycles. The van der Waals surface area contributed by atoms with Crippen molar-refractivity contribution in [2.45, 2.75) is 6.42 Å². The minimum Gasteiger partial charge on any atom is -0.481 e. The highest BCUT2D eigenvalue weighted by Gasteiger charge is 2.35. The van der Waals surface area contributed by atoms with Crippen molar-refractivity contribution in [3.05, 3.63) is 28.2 Å². The Morgan fingerprint density at radius 3 is 2.71 bits per heavy atom. The van der Waals surface area contributed by atoms with Gasteiger partial charge in [-0.15, -0.1) is 0 Å². The average Bonchev–Trinajstić information content (AvgIpc) is 2.64. The maximum absolute atomic E-state index is 11.7. The van der Waals surface area contributed by atoms with Gasteiger partial charge in [-0.05, 0) is 18.2 Å². The topological polar surface area (TPSA) is 57.6 Å². The molecular formula is C11H9Cl2NO3. The molecule has 1 amide bonds. The minimum atomic E-state index is -0.973. The summed E-state index contributed by atoms with van der Waals surface area (Å²) in [4.78, 5) is 23.9. The van der Waals surface area contributed by atoms with Crippen LogP contribution in [0.25, 0.3) is 0 Å². The maximum atomic E-state index is 11.7. The minimum absolute atomic E-state index is 0.00181. The highest BCUT2D eigenvalue weighted by atomic mass is 35.5. The van der Waals surface area contributed by atoms with Gasteiger partial charge >= 0.3 is 5.97 Å². The Bertz CT molecular complexity index is 490. The smallest absolute Gasteiger partial charge is 0.308 e. The third kappa shape index (κ3) is 2.37. The van der Waals surface area contributed by atoms with Crippen LogP contribution in [0.15, 0.2) is 18.2 Å². The lowest BCUT2D eigenvalue weighted by Gasteiger charge is -2.17. The molecule has 0 radical (unpaired) electrons. The lowest BCUT2D eigenvalue weighted by Crippen LogP contribution is -2.26. The summed E-state index contributed by atoms with van der Waals surface area (Å²) in [5, 5.41) is 9.72. The van der Waals surface area contributed by atoms with Crippen LogP contribution in [-0.4, -0.2) is 23.5 Å². The fourth-order valence-corrected chi connectivity index (χ4v) is 2.18. The van der Waals surface area contributed by atoms with Crippen LogP contribution in [-0.2, 0) is 9.59 Å². The van der Waals surface area contributed by atoms with E-state index in [0.29, 0.717) is 15.7 Å². The summed E-state index contributed by atoms with van der Waals surface area (Å²) in [6.45, 7) is 0.133.